The van der Waals surface area contributed by atoms with Crippen LogP contribution in [0.3, 0.4) is 0 Å². The second-order valence-corrected chi connectivity index (χ2v) is 8.06. The van der Waals surface area contributed by atoms with Crippen LogP contribution in [0.4, 0.5) is 16.2 Å². The maximum absolute atomic E-state index is 12.9. The van der Waals surface area contributed by atoms with Gasteiger partial charge in [-0.2, -0.15) is 0 Å². The second kappa shape index (κ2) is 7.24. The summed E-state index contributed by atoms with van der Waals surface area (Å²) in [5.41, 5.74) is 6.25. The quantitative estimate of drug-likeness (QED) is 0.720. The van der Waals surface area contributed by atoms with Crippen molar-refractivity contribution in [2.75, 3.05) is 29.9 Å². The van der Waals surface area contributed by atoms with Crippen molar-refractivity contribution >= 4 is 28.7 Å². The maximum Gasteiger partial charge on any atom is 0.321 e. The first-order valence-corrected chi connectivity index (χ1v) is 10.4. The third kappa shape index (κ3) is 3.22. The number of hydrogen-bond donors (Lipinski definition) is 1. The Morgan fingerprint density at radius 3 is 2.79 bits per heavy atom. The highest BCUT2D eigenvalue weighted by Gasteiger charge is 2.33. The van der Waals surface area contributed by atoms with E-state index in [1.165, 1.54) is 22.6 Å². The minimum atomic E-state index is -0.0264. The molecule has 7 heteroatoms. The summed E-state index contributed by atoms with van der Waals surface area (Å²) >= 11 is 1.50. The Morgan fingerprint density at radius 2 is 1.96 bits per heavy atom. The fourth-order valence-corrected chi connectivity index (χ4v) is 4.71. The van der Waals surface area contributed by atoms with Crippen molar-refractivity contribution in [2.24, 2.45) is 0 Å². The number of hydrogen-bond acceptors (Lipinski definition) is 5. The van der Waals surface area contributed by atoms with Gasteiger partial charge in [0.05, 0.1) is 6.04 Å². The van der Waals surface area contributed by atoms with Crippen molar-refractivity contribution in [3.8, 4) is 10.6 Å². The Bertz CT molecular complexity index is 973. The first-order valence-electron chi connectivity index (χ1n) is 9.55. The molecule has 0 radical (unpaired) electrons. The van der Waals surface area contributed by atoms with Crippen LogP contribution in [-0.2, 0) is 6.42 Å². The summed E-state index contributed by atoms with van der Waals surface area (Å²) in [5, 5.41) is 11.9. The Morgan fingerprint density at radius 1 is 1.11 bits per heavy atom. The standard InChI is InChI=1S/C21H21N5OS/c27-21(23-17-8-6-15(7-9-17)20-24-22-14-28-20)25-10-3-11-26-18(13-25)12-16-4-1-2-5-19(16)26/h1-2,4-9,14,18H,3,10-13H2,(H,23,27). The topological polar surface area (TPSA) is 61.4 Å². The number of benzene rings is 2. The van der Waals surface area contributed by atoms with E-state index in [0.717, 1.165) is 48.7 Å². The minimum absolute atomic E-state index is 0.0264. The van der Waals surface area contributed by atoms with Gasteiger partial charge in [-0.1, -0.05) is 29.5 Å². The van der Waals surface area contributed by atoms with Gasteiger partial charge in [-0.25, -0.2) is 4.79 Å². The molecule has 1 unspecified atom stereocenters. The van der Waals surface area contributed by atoms with Crippen molar-refractivity contribution in [1.29, 1.82) is 0 Å². The molecule has 0 saturated carbocycles. The molecule has 2 aromatic carbocycles. The molecule has 1 saturated heterocycles. The van der Waals surface area contributed by atoms with E-state index in [-0.39, 0.29) is 6.03 Å². The molecular weight excluding hydrogens is 370 g/mol. The summed E-state index contributed by atoms with van der Waals surface area (Å²) < 4.78 is 0. The zero-order valence-corrected chi connectivity index (χ0v) is 16.2. The molecule has 1 atom stereocenters. The predicted molar refractivity (Wildman–Crippen MR) is 112 cm³/mol. The summed E-state index contributed by atoms with van der Waals surface area (Å²) in [7, 11) is 0. The van der Waals surface area contributed by atoms with Crippen LogP contribution in [0, 0.1) is 0 Å². The lowest BCUT2D eigenvalue weighted by Crippen LogP contribution is -2.43. The summed E-state index contributed by atoms with van der Waals surface area (Å²) in [5.74, 6) is 0. The van der Waals surface area contributed by atoms with Crippen LogP contribution in [-0.4, -0.2) is 46.8 Å². The zero-order chi connectivity index (χ0) is 18.9. The molecule has 6 nitrogen and oxygen atoms in total. The molecule has 2 aliphatic rings. The molecule has 5 rings (SSSR count). The molecule has 28 heavy (non-hydrogen) atoms. The Hall–Kier alpha value is -2.93. The van der Waals surface area contributed by atoms with Gasteiger partial charge in [0, 0.05) is 36.6 Å². The Kier molecular flexibility index (Phi) is 4.44. The molecule has 142 valence electrons. The largest absolute Gasteiger partial charge is 0.366 e. The molecule has 0 bridgehead atoms. The van der Waals surface area contributed by atoms with E-state index in [2.05, 4.69) is 44.7 Å². The van der Waals surface area contributed by atoms with E-state index >= 15 is 0 Å². The number of carbonyl (C=O) groups is 1. The molecule has 3 heterocycles. The number of anilines is 2. The van der Waals surface area contributed by atoms with Gasteiger partial charge in [0.25, 0.3) is 0 Å². The average molecular weight is 392 g/mol. The van der Waals surface area contributed by atoms with Gasteiger partial charge in [0.2, 0.25) is 0 Å². The van der Waals surface area contributed by atoms with Gasteiger partial charge in [0.1, 0.15) is 10.5 Å². The number of rotatable bonds is 2. The third-order valence-electron chi connectivity index (χ3n) is 5.49. The van der Waals surface area contributed by atoms with E-state index in [0.29, 0.717) is 6.04 Å². The first kappa shape index (κ1) is 17.2. The highest BCUT2D eigenvalue weighted by molar-refractivity contribution is 7.12. The van der Waals surface area contributed by atoms with Crippen LogP contribution in [0.15, 0.2) is 54.0 Å². The summed E-state index contributed by atoms with van der Waals surface area (Å²) in [6.07, 6.45) is 1.99. The number of para-hydroxylation sites is 1. The van der Waals surface area contributed by atoms with E-state index in [1.807, 2.05) is 29.2 Å². The van der Waals surface area contributed by atoms with Crippen LogP contribution < -0.4 is 10.2 Å². The predicted octanol–water partition coefficient (Wildman–Crippen LogP) is 3.87. The van der Waals surface area contributed by atoms with Gasteiger partial charge in [-0.3, -0.25) is 0 Å². The summed E-state index contributed by atoms with van der Waals surface area (Å²) in [6.45, 7) is 2.54. The lowest BCUT2D eigenvalue weighted by molar-refractivity contribution is 0.211. The fraction of sp³-hybridized carbons (Fsp3) is 0.286. The highest BCUT2D eigenvalue weighted by Crippen LogP contribution is 2.33. The average Bonchev–Trinajstić information content (AvgIpc) is 3.32. The van der Waals surface area contributed by atoms with E-state index in [1.54, 1.807) is 5.51 Å². The SMILES string of the molecule is O=C(Nc1ccc(-c2nncs2)cc1)N1CCCN2c3ccccc3CC2C1. The lowest BCUT2D eigenvalue weighted by Gasteiger charge is -2.27. The molecular formula is C21H21N5OS. The van der Waals surface area contributed by atoms with Crippen LogP contribution in [0.1, 0.15) is 12.0 Å². The van der Waals surface area contributed by atoms with Gasteiger partial charge >= 0.3 is 6.03 Å². The van der Waals surface area contributed by atoms with Gasteiger partial charge in [-0.05, 0) is 48.7 Å². The number of urea groups is 1. The third-order valence-corrected chi connectivity index (χ3v) is 6.23. The van der Waals surface area contributed by atoms with Crippen LogP contribution >= 0.6 is 11.3 Å². The normalized spacial score (nSPS) is 18.4. The number of amides is 2. The molecule has 1 aromatic heterocycles. The monoisotopic (exact) mass is 391 g/mol. The smallest absolute Gasteiger partial charge is 0.321 e. The van der Waals surface area contributed by atoms with Gasteiger partial charge in [-0.15, -0.1) is 10.2 Å². The van der Waals surface area contributed by atoms with Crippen molar-refractivity contribution in [1.82, 2.24) is 15.1 Å². The van der Waals surface area contributed by atoms with Crippen molar-refractivity contribution < 1.29 is 4.79 Å². The number of aromatic nitrogens is 2. The van der Waals surface area contributed by atoms with Crippen molar-refractivity contribution in [2.45, 2.75) is 18.9 Å². The molecule has 1 fully saturated rings. The first-order chi connectivity index (χ1) is 13.8. The maximum atomic E-state index is 12.9. The number of fused-ring (bicyclic) bond motifs is 3. The van der Waals surface area contributed by atoms with Gasteiger partial charge in [0.15, 0.2) is 0 Å². The summed E-state index contributed by atoms with van der Waals surface area (Å²) in [4.78, 5) is 17.3. The van der Waals surface area contributed by atoms with Crippen LogP contribution in [0.2, 0.25) is 0 Å². The lowest BCUT2D eigenvalue weighted by atomic mass is 10.1. The van der Waals surface area contributed by atoms with E-state index in [9.17, 15) is 4.79 Å². The molecule has 1 N–H and O–H groups in total. The van der Waals surface area contributed by atoms with E-state index < -0.39 is 0 Å². The minimum Gasteiger partial charge on any atom is -0.366 e. The Balaban J connectivity index is 1.26. The van der Waals surface area contributed by atoms with Gasteiger partial charge < -0.3 is 15.1 Å². The zero-order valence-electron chi connectivity index (χ0n) is 15.4. The Labute approximate surface area is 167 Å². The molecule has 2 amide bonds. The molecule has 0 spiro atoms. The molecule has 3 aromatic rings. The van der Waals surface area contributed by atoms with Crippen molar-refractivity contribution in [3.63, 3.8) is 0 Å². The summed E-state index contributed by atoms with van der Waals surface area (Å²) in [6, 6.07) is 16.7. The second-order valence-electron chi connectivity index (χ2n) is 7.23. The highest BCUT2D eigenvalue weighted by atomic mass is 32.1. The van der Waals surface area contributed by atoms with Crippen LogP contribution in [0.25, 0.3) is 10.6 Å². The van der Waals surface area contributed by atoms with Crippen molar-refractivity contribution in [3.05, 3.63) is 59.6 Å². The van der Waals surface area contributed by atoms with E-state index in [4.69, 9.17) is 0 Å². The molecule has 0 aliphatic carbocycles. The molecule has 2 aliphatic heterocycles. The number of carbonyl (C=O) groups excluding carboxylic acids is 1. The van der Waals surface area contributed by atoms with Crippen LogP contribution in [0.5, 0.6) is 0 Å². The number of nitrogens with zero attached hydrogens (tertiary/aromatic N) is 4. The fourth-order valence-electron chi connectivity index (χ4n) is 4.15. The number of nitrogens with one attached hydrogen (secondary N) is 1.